The Morgan fingerprint density at radius 1 is 1.07 bits per heavy atom. The van der Waals surface area contributed by atoms with Gasteiger partial charge in [-0.15, -0.1) is 11.3 Å². The number of carbonyl (C=O) groups is 2. The first-order chi connectivity index (χ1) is 14.1. The van der Waals surface area contributed by atoms with Crippen LogP contribution in [0.1, 0.15) is 15.2 Å². The van der Waals surface area contributed by atoms with Gasteiger partial charge in [-0.25, -0.2) is 0 Å². The quantitative estimate of drug-likeness (QED) is 0.361. The largest absolute Gasteiger partial charge is 0.497 e. The van der Waals surface area contributed by atoms with Crippen LogP contribution >= 0.6 is 11.3 Å². The predicted octanol–water partition coefficient (Wildman–Crippen LogP) is 4.64. The molecule has 0 fully saturated rings. The molecule has 7 heteroatoms. The van der Waals surface area contributed by atoms with E-state index < -0.39 is 0 Å². The third-order valence-corrected chi connectivity index (χ3v) is 5.27. The van der Waals surface area contributed by atoms with E-state index in [0.29, 0.717) is 16.3 Å². The number of hydrogen-bond acceptors (Lipinski definition) is 5. The Morgan fingerprint density at radius 3 is 2.59 bits per heavy atom. The molecule has 0 saturated heterocycles. The highest BCUT2D eigenvalue weighted by atomic mass is 32.1. The maximum absolute atomic E-state index is 12.4. The zero-order valence-corrected chi connectivity index (χ0v) is 16.4. The molecule has 0 saturated carbocycles. The third kappa shape index (κ3) is 4.30. The lowest BCUT2D eigenvalue weighted by Crippen LogP contribution is -2.12. The number of carbonyl (C=O) groups excluding carboxylic acids is 2. The number of nitrogens with one attached hydrogen (secondary N) is 2. The van der Waals surface area contributed by atoms with Gasteiger partial charge in [0, 0.05) is 22.8 Å². The molecule has 2 aromatic heterocycles. The van der Waals surface area contributed by atoms with E-state index in [1.807, 2.05) is 29.6 Å². The molecule has 2 aromatic carbocycles. The van der Waals surface area contributed by atoms with Crippen LogP contribution in [0.3, 0.4) is 0 Å². The minimum absolute atomic E-state index is 0.129. The van der Waals surface area contributed by atoms with Crippen LogP contribution in [0.5, 0.6) is 11.5 Å². The summed E-state index contributed by atoms with van der Waals surface area (Å²) >= 11 is 1.37. The number of methoxy groups -OCH3 is 1. The van der Waals surface area contributed by atoms with Gasteiger partial charge in [0.15, 0.2) is 0 Å². The summed E-state index contributed by atoms with van der Waals surface area (Å²) in [6, 6.07) is 15.9. The number of ether oxygens (including phenoxy) is 2. The molecule has 2 N–H and O–H groups in total. The molecule has 0 unspecified atom stereocenters. The SMILES string of the molecule is COc1ccc2[nH]cc(CC(=O)Oc3ccc(NC(=O)c4cccs4)cc3)c2c1. The van der Waals surface area contributed by atoms with Gasteiger partial charge in [-0.1, -0.05) is 6.07 Å². The van der Waals surface area contributed by atoms with Crippen molar-refractivity contribution in [1.29, 1.82) is 0 Å². The van der Waals surface area contributed by atoms with Gasteiger partial charge in [-0.2, -0.15) is 0 Å². The Hall–Kier alpha value is -3.58. The van der Waals surface area contributed by atoms with Crippen molar-refractivity contribution in [3.63, 3.8) is 0 Å². The Bertz CT molecular complexity index is 1150. The number of thiophene rings is 1. The molecule has 4 rings (SSSR count). The molecule has 29 heavy (non-hydrogen) atoms. The number of esters is 1. The number of H-pyrrole nitrogens is 1. The van der Waals surface area contributed by atoms with Crippen LogP contribution in [0.2, 0.25) is 0 Å². The van der Waals surface area contributed by atoms with Crippen molar-refractivity contribution >= 4 is 39.8 Å². The maximum Gasteiger partial charge on any atom is 0.315 e. The zero-order valence-electron chi connectivity index (χ0n) is 15.6. The van der Waals surface area contributed by atoms with Crippen molar-refractivity contribution in [3.05, 3.63) is 76.6 Å². The van der Waals surface area contributed by atoms with E-state index in [-0.39, 0.29) is 18.3 Å². The summed E-state index contributed by atoms with van der Waals surface area (Å²) < 4.78 is 10.7. The van der Waals surface area contributed by atoms with Gasteiger partial charge in [-0.3, -0.25) is 9.59 Å². The van der Waals surface area contributed by atoms with Gasteiger partial charge in [0.1, 0.15) is 11.5 Å². The first-order valence-corrected chi connectivity index (χ1v) is 9.80. The molecular weight excluding hydrogens is 388 g/mol. The Kier molecular flexibility index (Phi) is 5.31. The predicted molar refractivity (Wildman–Crippen MR) is 113 cm³/mol. The molecule has 4 aromatic rings. The summed E-state index contributed by atoms with van der Waals surface area (Å²) in [6.07, 6.45) is 1.93. The lowest BCUT2D eigenvalue weighted by atomic mass is 10.1. The second kappa shape index (κ2) is 8.20. The Balaban J connectivity index is 1.39. The van der Waals surface area contributed by atoms with Crippen molar-refractivity contribution < 1.29 is 19.1 Å². The minimum Gasteiger partial charge on any atom is -0.497 e. The second-order valence-electron chi connectivity index (χ2n) is 6.33. The molecule has 2 heterocycles. The average Bonchev–Trinajstić information content (AvgIpc) is 3.40. The Labute approximate surface area is 171 Å². The lowest BCUT2D eigenvalue weighted by Gasteiger charge is -2.07. The molecular formula is C22H18N2O4S. The standard InChI is InChI=1S/C22H18N2O4S/c1-27-17-8-9-19-18(12-17)14(13-23-19)11-21(25)28-16-6-4-15(5-7-16)24-22(26)20-3-2-10-29-20/h2-10,12-13,23H,11H2,1H3,(H,24,26). The molecule has 6 nitrogen and oxygen atoms in total. The number of rotatable bonds is 6. The van der Waals surface area contributed by atoms with Crippen LogP contribution in [0, 0.1) is 0 Å². The van der Waals surface area contributed by atoms with Crippen molar-refractivity contribution in [1.82, 2.24) is 4.98 Å². The number of fused-ring (bicyclic) bond motifs is 1. The van der Waals surface area contributed by atoms with Gasteiger partial charge in [0.25, 0.3) is 5.91 Å². The summed E-state index contributed by atoms with van der Waals surface area (Å²) in [7, 11) is 1.61. The Morgan fingerprint density at radius 2 is 1.86 bits per heavy atom. The number of benzene rings is 2. The fraction of sp³-hybridized carbons (Fsp3) is 0.0909. The average molecular weight is 406 g/mol. The topological polar surface area (TPSA) is 80.4 Å². The summed E-state index contributed by atoms with van der Waals surface area (Å²) in [6.45, 7) is 0. The van der Waals surface area contributed by atoms with Crippen molar-refractivity contribution in [2.75, 3.05) is 12.4 Å². The van der Waals surface area contributed by atoms with Gasteiger partial charge in [0.2, 0.25) is 0 Å². The number of aromatic nitrogens is 1. The van der Waals surface area contributed by atoms with Crippen LogP contribution in [0.15, 0.2) is 66.2 Å². The molecule has 0 radical (unpaired) electrons. The van der Waals surface area contributed by atoms with Gasteiger partial charge >= 0.3 is 5.97 Å². The van der Waals surface area contributed by atoms with Crippen LogP contribution in [0.4, 0.5) is 5.69 Å². The summed E-state index contributed by atoms with van der Waals surface area (Å²) in [5.41, 5.74) is 2.40. The van der Waals surface area contributed by atoms with Crippen LogP contribution < -0.4 is 14.8 Å². The van der Waals surface area contributed by atoms with E-state index >= 15 is 0 Å². The van der Waals surface area contributed by atoms with Crippen LogP contribution in [-0.4, -0.2) is 24.0 Å². The highest BCUT2D eigenvalue weighted by Crippen LogP contribution is 2.25. The lowest BCUT2D eigenvalue weighted by molar-refractivity contribution is -0.133. The molecule has 0 atom stereocenters. The van der Waals surface area contributed by atoms with E-state index in [1.54, 1.807) is 43.6 Å². The number of hydrogen-bond donors (Lipinski definition) is 2. The molecule has 0 spiro atoms. The first kappa shape index (κ1) is 18.8. The zero-order chi connectivity index (χ0) is 20.2. The monoisotopic (exact) mass is 406 g/mol. The van der Waals surface area contributed by atoms with E-state index in [4.69, 9.17) is 9.47 Å². The van der Waals surface area contributed by atoms with Crippen LogP contribution in [-0.2, 0) is 11.2 Å². The summed E-state index contributed by atoms with van der Waals surface area (Å²) in [5.74, 6) is 0.608. The number of anilines is 1. The van der Waals surface area contributed by atoms with E-state index in [9.17, 15) is 9.59 Å². The van der Waals surface area contributed by atoms with Crippen molar-refractivity contribution in [2.24, 2.45) is 0 Å². The molecule has 146 valence electrons. The third-order valence-electron chi connectivity index (χ3n) is 4.40. The van der Waals surface area contributed by atoms with E-state index in [1.165, 1.54) is 11.3 Å². The molecule has 0 aliphatic heterocycles. The maximum atomic E-state index is 12.4. The fourth-order valence-electron chi connectivity index (χ4n) is 2.96. The highest BCUT2D eigenvalue weighted by molar-refractivity contribution is 7.12. The van der Waals surface area contributed by atoms with Gasteiger partial charge in [0.05, 0.1) is 18.4 Å². The minimum atomic E-state index is -0.371. The molecule has 0 aliphatic rings. The summed E-state index contributed by atoms with van der Waals surface area (Å²) in [4.78, 5) is 28.2. The van der Waals surface area contributed by atoms with E-state index in [2.05, 4.69) is 10.3 Å². The van der Waals surface area contributed by atoms with Crippen LogP contribution in [0.25, 0.3) is 10.9 Å². The molecule has 1 amide bonds. The normalized spacial score (nSPS) is 10.7. The first-order valence-electron chi connectivity index (χ1n) is 8.92. The van der Waals surface area contributed by atoms with Gasteiger partial charge in [-0.05, 0) is 59.5 Å². The molecule has 0 bridgehead atoms. The van der Waals surface area contributed by atoms with Crippen molar-refractivity contribution in [2.45, 2.75) is 6.42 Å². The van der Waals surface area contributed by atoms with Gasteiger partial charge < -0.3 is 19.8 Å². The fourth-order valence-corrected chi connectivity index (χ4v) is 3.58. The van der Waals surface area contributed by atoms with E-state index in [0.717, 1.165) is 22.2 Å². The number of amides is 1. The number of aromatic amines is 1. The molecule has 0 aliphatic carbocycles. The van der Waals surface area contributed by atoms with Crippen molar-refractivity contribution in [3.8, 4) is 11.5 Å². The highest BCUT2D eigenvalue weighted by Gasteiger charge is 2.12. The smallest absolute Gasteiger partial charge is 0.315 e. The summed E-state index contributed by atoms with van der Waals surface area (Å²) in [5, 5.41) is 5.58. The second-order valence-corrected chi connectivity index (χ2v) is 7.28.